The van der Waals surface area contributed by atoms with Gasteiger partial charge in [0.25, 0.3) is 0 Å². The molecular weight excluding hydrogens is 343 g/mol. The number of hydrogen-bond acceptors (Lipinski definition) is 3. The smallest absolute Gasteiger partial charge is 0.325 e. The lowest BCUT2D eigenvalue weighted by molar-refractivity contribution is -0.119. The second-order valence-corrected chi connectivity index (χ2v) is 8.12. The van der Waals surface area contributed by atoms with Gasteiger partial charge in [-0.15, -0.1) is 0 Å². The highest BCUT2D eigenvalue weighted by Gasteiger charge is 2.47. The number of rotatable bonds is 4. The Kier molecular flexibility index (Phi) is 5.68. The first kappa shape index (κ1) is 20.3. The van der Waals surface area contributed by atoms with Gasteiger partial charge in [0.2, 0.25) is 5.91 Å². The number of nitrogens with one attached hydrogen (secondary N) is 1. The molecule has 2 unspecified atom stereocenters. The second-order valence-electron chi connectivity index (χ2n) is 8.12. The molecule has 0 fully saturated rings. The van der Waals surface area contributed by atoms with Crippen LogP contribution in [0.2, 0.25) is 0 Å². The van der Waals surface area contributed by atoms with Crippen molar-refractivity contribution >= 4 is 17.3 Å². The Bertz CT molecular complexity index is 692. The first-order chi connectivity index (χ1) is 11.9. The van der Waals surface area contributed by atoms with Crippen LogP contribution in [0.15, 0.2) is 29.4 Å². The fraction of sp³-hybridized carbons (Fsp3) is 0.579. The maximum absolute atomic E-state index is 13.1. The number of carbonyl (C=O) groups excluding carboxylic acids is 1. The maximum Gasteiger partial charge on any atom is 0.432 e. The third-order valence-corrected chi connectivity index (χ3v) is 4.33. The number of hydrogen-bond donors (Lipinski definition) is 1. The van der Waals surface area contributed by atoms with E-state index in [4.69, 9.17) is 0 Å². The predicted molar refractivity (Wildman–Crippen MR) is 97.2 cm³/mol. The highest BCUT2D eigenvalue weighted by Crippen LogP contribution is 2.35. The summed E-state index contributed by atoms with van der Waals surface area (Å²) in [6.45, 7) is 8.37. The molecular formula is C19H26F3N3O. The van der Waals surface area contributed by atoms with E-state index in [2.05, 4.69) is 38.1 Å². The van der Waals surface area contributed by atoms with Gasteiger partial charge in [-0.05, 0) is 29.4 Å². The van der Waals surface area contributed by atoms with E-state index < -0.39 is 23.7 Å². The molecule has 0 aromatic heterocycles. The molecule has 1 aliphatic rings. The molecule has 1 heterocycles. The monoisotopic (exact) mass is 369 g/mol. The minimum atomic E-state index is -4.62. The molecule has 7 heteroatoms. The van der Waals surface area contributed by atoms with E-state index in [9.17, 15) is 18.0 Å². The average Bonchev–Trinajstić information content (AvgIpc) is 2.88. The van der Waals surface area contributed by atoms with Crippen LogP contribution in [0.1, 0.15) is 45.6 Å². The highest BCUT2D eigenvalue weighted by atomic mass is 19.4. The first-order valence-corrected chi connectivity index (χ1v) is 8.65. The molecule has 0 saturated heterocycles. The number of halogens is 3. The Hall–Kier alpha value is -2.05. The van der Waals surface area contributed by atoms with Crippen LogP contribution < -0.4 is 5.32 Å². The molecule has 26 heavy (non-hydrogen) atoms. The van der Waals surface area contributed by atoms with Crippen molar-refractivity contribution in [3.8, 4) is 0 Å². The molecule has 4 nitrogen and oxygen atoms in total. The summed E-state index contributed by atoms with van der Waals surface area (Å²) in [5.74, 6) is -1.85. The van der Waals surface area contributed by atoms with Gasteiger partial charge in [0, 0.05) is 12.7 Å². The minimum absolute atomic E-state index is 0.0829. The zero-order chi connectivity index (χ0) is 19.7. The maximum atomic E-state index is 13.1. The summed E-state index contributed by atoms with van der Waals surface area (Å²) in [5.41, 5.74) is 0.538. The molecule has 0 aliphatic carbocycles. The van der Waals surface area contributed by atoms with E-state index in [0.717, 1.165) is 17.0 Å². The van der Waals surface area contributed by atoms with Gasteiger partial charge in [-0.25, -0.2) is 0 Å². The molecule has 2 rings (SSSR count). The lowest BCUT2D eigenvalue weighted by Gasteiger charge is -2.25. The quantitative estimate of drug-likeness (QED) is 0.840. The number of amides is 1. The van der Waals surface area contributed by atoms with Crippen LogP contribution in [-0.2, 0) is 4.79 Å². The van der Waals surface area contributed by atoms with Crippen LogP contribution >= 0.6 is 0 Å². The Labute approximate surface area is 152 Å². The number of benzene rings is 1. The van der Waals surface area contributed by atoms with Crippen LogP contribution in [0.5, 0.6) is 0 Å². The van der Waals surface area contributed by atoms with Gasteiger partial charge >= 0.3 is 6.18 Å². The lowest BCUT2D eigenvalue weighted by Crippen LogP contribution is -2.38. The van der Waals surface area contributed by atoms with E-state index in [-0.39, 0.29) is 17.9 Å². The van der Waals surface area contributed by atoms with Gasteiger partial charge in [-0.2, -0.15) is 18.3 Å². The molecule has 0 spiro atoms. The molecule has 2 atom stereocenters. The summed E-state index contributed by atoms with van der Waals surface area (Å²) < 4.78 is 39.4. The van der Waals surface area contributed by atoms with E-state index in [0.29, 0.717) is 5.69 Å². The number of para-hydroxylation sites is 1. The van der Waals surface area contributed by atoms with Gasteiger partial charge < -0.3 is 5.32 Å². The summed E-state index contributed by atoms with van der Waals surface area (Å²) in [6, 6.07) is 7.28. The standard InChI is InChI=1S/C19H26F3N3O/c1-12(10-18(2,3)4)13-8-6-7-9-15(13)23-17(26)14-11-25(5)24-16(14)19(20,21)22/h6-9,12,14H,10-11H2,1-5H3,(H,23,26). The Balaban J connectivity index is 2.21. The van der Waals surface area contributed by atoms with Gasteiger partial charge in [-0.1, -0.05) is 45.9 Å². The third kappa shape index (κ3) is 4.99. The van der Waals surface area contributed by atoms with E-state index in [1.165, 1.54) is 7.05 Å². The molecule has 0 radical (unpaired) electrons. The SMILES string of the molecule is CC(CC(C)(C)C)c1ccccc1NC(=O)C1CN(C)N=C1C(F)(F)F. The van der Waals surface area contributed by atoms with E-state index in [1.54, 1.807) is 12.1 Å². The Morgan fingerprint density at radius 3 is 2.50 bits per heavy atom. The first-order valence-electron chi connectivity index (χ1n) is 8.65. The predicted octanol–water partition coefficient (Wildman–Crippen LogP) is 4.64. The topological polar surface area (TPSA) is 44.7 Å². The molecule has 1 N–H and O–H groups in total. The Morgan fingerprint density at radius 1 is 1.31 bits per heavy atom. The zero-order valence-electron chi connectivity index (χ0n) is 15.8. The van der Waals surface area contributed by atoms with Crippen molar-refractivity contribution in [1.82, 2.24) is 5.01 Å². The molecule has 1 amide bonds. The lowest BCUT2D eigenvalue weighted by atomic mass is 9.82. The number of anilines is 1. The summed E-state index contributed by atoms with van der Waals surface area (Å²) in [7, 11) is 1.43. The van der Waals surface area contributed by atoms with Crippen molar-refractivity contribution in [1.29, 1.82) is 0 Å². The normalized spacial score (nSPS) is 19.3. The van der Waals surface area contributed by atoms with Crippen LogP contribution in [-0.4, -0.2) is 36.4 Å². The number of alkyl halides is 3. The zero-order valence-corrected chi connectivity index (χ0v) is 15.8. The Morgan fingerprint density at radius 2 is 1.92 bits per heavy atom. The summed E-state index contributed by atoms with van der Waals surface area (Å²) in [4.78, 5) is 12.6. The molecule has 1 aliphatic heterocycles. The number of carbonyl (C=O) groups is 1. The minimum Gasteiger partial charge on any atom is -0.325 e. The van der Waals surface area contributed by atoms with Crippen LogP contribution in [0.25, 0.3) is 0 Å². The largest absolute Gasteiger partial charge is 0.432 e. The van der Waals surface area contributed by atoms with Crippen molar-refractivity contribution in [2.24, 2.45) is 16.4 Å². The van der Waals surface area contributed by atoms with Crippen LogP contribution in [0.4, 0.5) is 18.9 Å². The molecule has 0 saturated carbocycles. The number of nitrogens with zero attached hydrogens (tertiary/aromatic N) is 2. The fourth-order valence-corrected chi connectivity index (χ4v) is 3.40. The van der Waals surface area contributed by atoms with Crippen molar-refractivity contribution in [3.63, 3.8) is 0 Å². The van der Waals surface area contributed by atoms with Gasteiger partial charge in [0.15, 0.2) is 5.71 Å². The fourth-order valence-electron chi connectivity index (χ4n) is 3.40. The third-order valence-electron chi connectivity index (χ3n) is 4.33. The highest BCUT2D eigenvalue weighted by molar-refractivity contribution is 6.12. The van der Waals surface area contributed by atoms with Crippen molar-refractivity contribution in [2.75, 3.05) is 18.9 Å². The van der Waals surface area contributed by atoms with Gasteiger partial charge in [0.05, 0.1) is 6.54 Å². The second kappa shape index (κ2) is 7.29. The molecule has 144 valence electrons. The van der Waals surface area contributed by atoms with Crippen LogP contribution in [0.3, 0.4) is 0 Å². The summed E-state index contributed by atoms with van der Waals surface area (Å²) in [6.07, 6.45) is -3.73. The summed E-state index contributed by atoms with van der Waals surface area (Å²) in [5, 5.41) is 7.32. The van der Waals surface area contributed by atoms with E-state index in [1.807, 2.05) is 12.1 Å². The van der Waals surface area contributed by atoms with Crippen LogP contribution in [0, 0.1) is 11.3 Å². The van der Waals surface area contributed by atoms with Crippen molar-refractivity contribution in [3.05, 3.63) is 29.8 Å². The molecule has 0 bridgehead atoms. The average molecular weight is 369 g/mol. The number of hydrazone groups is 1. The van der Waals surface area contributed by atoms with Crippen molar-refractivity contribution in [2.45, 2.75) is 46.2 Å². The van der Waals surface area contributed by atoms with E-state index >= 15 is 0 Å². The molecule has 1 aromatic rings. The summed E-state index contributed by atoms with van der Waals surface area (Å²) >= 11 is 0. The molecule has 1 aromatic carbocycles. The van der Waals surface area contributed by atoms with Crippen molar-refractivity contribution < 1.29 is 18.0 Å². The van der Waals surface area contributed by atoms with Gasteiger partial charge in [-0.3, -0.25) is 9.80 Å². The van der Waals surface area contributed by atoms with Gasteiger partial charge in [0.1, 0.15) is 5.92 Å².